The van der Waals surface area contributed by atoms with Gasteiger partial charge in [0.25, 0.3) is 0 Å². The van der Waals surface area contributed by atoms with Gasteiger partial charge in [-0.15, -0.1) is 0 Å². The Balaban J connectivity index is 2.24. The predicted molar refractivity (Wildman–Crippen MR) is 66.6 cm³/mol. The lowest BCUT2D eigenvalue weighted by Gasteiger charge is -2.10. The van der Waals surface area contributed by atoms with Crippen molar-refractivity contribution < 1.29 is 0 Å². The first kappa shape index (κ1) is 9.97. The highest BCUT2D eigenvalue weighted by atomic mass is 14.1. The summed E-state index contributed by atoms with van der Waals surface area (Å²) in [5.74, 6) is 0. The maximum Gasteiger partial charge on any atom is -0.00889 e. The van der Waals surface area contributed by atoms with Crippen LogP contribution in [0.25, 0.3) is 5.57 Å². The minimum atomic E-state index is 1.06. The zero-order chi connectivity index (χ0) is 10.7. The minimum absolute atomic E-state index is 1.06. The zero-order valence-corrected chi connectivity index (χ0v) is 9.33. The summed E-state index contributed by atoms with van der Waals surface area (Å²) in [6, 6.07) is 10.5. The molecule has 0 atom stereocenters. The standard InChI is InChI=1S/C15H16/c1-12(2)13-8-10-15(11-9-13)14-6-4-3-5-7-14/h3-8,10-11H,9H2,1-2H3. The van der Waals surface area contributed by atoms with E-state index in [1.165, 1.54) is 22.3 Å². The Morgan fingerprint density at radius 2 is 1.73 bits per heavy atom. The molecule has 0 bridgehead atoms. The molecule has 0 heterocycles. The third-order valence-electron chi connectivity index (χ3n) is 2.76. The minimum Gasteiger partial charge on any atom is -0.0729 e. The Labute approximate surface area is 91.6 Å². The number of hydrogen-bond donors (Lipinski definition) is 0. The molecule has 0 saturated heterocycles. The van der Waals surface area contributed by atoms with Crippen LogP contribution in [0.3, 0.4) is 0 Å². The van der Waals surface area contributed by atoms with Crippen LogP contribution in [0.2, 0.25) is 0 Å². The maximum atomic E-state index is 2.30. The van der Waals surface area contributed by atoms with Crippen LogP contribution in [0.15, 0.2) is 59.7 Å². The summed E-state index contributed by atoms with van der Waals surface area (Å²) >= 11 is 0. The molecule has 15 heavy (non-hydrogen) atoms. The molecular formula is C15H16. The van der Waals surface area contributed by atoms with E-state index in [2.05, 4.69) is 62.4 Å². The van der Waals surface area contributed by atoms with Gasteiger partial charge < -0.3 is 0 Å². The first-order chi connectivity index (χ1) is 7.27. The molecule has 0 saturated carbocycles. The van der Waals surface area contributed by atoms with E-state index in [-0.39, 0.29) is 0 Å². The van der Waals surface area contributed by atoms with Crippen molar-refractivity contribution >= 4 is 5.57 Å². The lowest BCUT2D eigenvalue weighted by Crippen LogP contribution is -1.89. The monoisotopic (exact) mass is 196 g/mol. The van der Waals surface area contributed by atoms with Gasteiger partial charge in [-0.3, -0.25) is 0 Å². The SMILES string of the molecule is CC(C)=C1C=CC(c2ccccc2)=CC1. The lowest BCUT2D eigenvalue weighted by atomic mass is 9.95. The molecule has 0 fully saturated rings. The van der Waals surface area contributed by atoms with Gasteiger partial charge in [-0.25, -0.2) is 0 Å². The van der Waals surface area contributed by atoms with Gasteiger partial charge in [-0.2, -0.15) is 0 Å². The van der Waals surface area contributed by atoms with E-state index in [1.54, 1.807) is 0 Å². The summed E-state index contributed by atoms with van der Waals surface area (Å²) in [4.78, 5) is 0. The van der Waals surface area contributed by atoms with Gasteiger partial charge in [0, 0.05) is 0 Å². The summed E-state index contributed by atoms with van der Waals surface area (Å²) < 4.78 is 0. The van der Waals surface area contributed by atoms with Crippen molar-refractivity contribution in [3.63, 3.8) is 0 Å². The lowest BCUT2D eigenvalue weighted by molar-refractivity contribution is 1.18. The first-order valence-corrected chi connectivity index (χ1v) is 5.37. The topological polar surface area (TPSA) is 0 Å². The van der Waals surface area contributed by atoms with E-state index in [0.29, 0.717) is 0 Å². The summed E-state index contributed by atoms with van der Waals surface area (Å²) in [6.45, 7) is 4.34. The molecule has 1 aromatic rings. The Hall–Kier alpha value is -1.56. The molecule has 2 rings (SSSR count). The van der Waals surface area contributed by atoms with Crippen molar-refractivity contribution in [2.24, 2.45) is 0 Å². The van der Waals surface area contributed by atoms with Crippen molar-refractivity contribution in [2.75, 3.05) is 0 Å². The van der Waals surface area contributed by atoms with Crippen molar-refractivity contribution in [1.82, 2.24) is 0 Å². The van der Waals surface area contributed by atoms with Crippen molar-refractivity contribution in [3.05, 3.63) is 65.3 Å². The Morgan fingerprint density at radius 3 is 2.27 bits per heavy atom. The molecule has 0 aromatic heterocycles. The second kappa shape index (κ2) is 4.31. The zero-order valence-electron chi connectivity index (χ0n) is 9.33. The molecule has 0 aliphatic heterocycles. The largest absolute Gasteiger partial charge is 0.0729 e. The molecule has 0 amide bonds. The van der Waals surface area contributed by atoms with Gasteiger partial charge in [0.1, 0.15) is 0 Å². The predicted octanol–water partition coefficient (Wildman–Crippen LogP) is 4.37. The molecule has 0 spiro atoms. The second-order valence-corrected chi connectivity index (χ2v) is 4.09. The summed E-state index contributed by atoms with van der Waals surface area (Å²) in [5.41, 5.74) is 5.49. The van der Waals surface area contributed by atoms with Crippen LogP contribution in [0.4, 0.5) is 0 Å². The number of rotatable bonds is 1. The van der Waals surface area contributed by atoms with E-state index >= 15 is 0 Å². The molecule has 0 N–H and O–H groups in total. The van der Waals surface area contributed by atoms with Gasteiger partial charge in [0.15, 0.2) is 0 Å². The fourth-order valence-corrected chi connectivity index (χ4v) is 1.76. The van der Waals surface area contributed by atoms with Gasteiger partial charge in [0.05, 0.1) is 0 Å². The molecule has 1 aromatic carbocycles. The average molecular weight is 196 g/mol. The molecule has 76 valence electrons. The first-order valence-electron chi connectivity index (χ1n) is 5.37. The summed E-state index contributed by atoms with van der Waals surface area (Å²) in [6.07, 6.45) is 7.81. The van der Waals surface area contributed by atoms with E-state index in [9.17, 15) is 0 Å². The van der Waals surface area contributed by atoms with Crippen LogP contribution in [0.1, 0.15) is 25.8 Å². The Kier molecular flexibility index (Phi) is 2.86. The molecule has 0 nitrogen and oxygen atoms in total. The van der Waals surface area contributed by atoms with E-state index in [0.717, 1.165) is 6.42 Å². The summed E-state index contributed by atoms with van der Waals surface area (Å²) in [5, 5.41) is 0. The average Bonchev–Trinajstić information content (AvgIpc) is 2.30. The highest BCUT2D eigenvalue weighted by Crippen LogP contribution is 2.24. The third-order valence-corrected chi connectivity index (χ3v) is 2.76. The number of benzene rings is 1. The van der Waals surface area contributed by atoms with Crippen LogP contribution < -0.4 is 0 Å². The smallest absolute Gasteiger partial charge is 0.00889 e. The molecule has 1 aliphatic rings. The van der Waals surface area contributed by atoms with Crippen molar-refractivity contribution in [3.8, 4) is 0 Å². The van der Waals surface area contributed by atoms with Crippen LogP contribution in [0, 0.1) is 0 Å². The number of hydrogen-bond acceptors (Lipinski definition) is 0. The Morgan fingerprint density at radius 1 is 1.00 bits per heavy atom. The molecular weight excluding hydrogens is 180 g/mol. The highest BCUT2D eigenvalue weighted by molar-refractivity contribution is 5.76. The molecule has 1 aliphatic carbocycles. The van der Waals surface area contributed by atoms with Crippen LogP contribution >= 0.6 is 0 Å². The van der Waals surface area contributed by atoms with Crippen LogP contribution in [-0.2, 0) is 0 Å². The molecule has 0 heteroatoms. The molecule has 0 unspecified atom stereocenters. The van der Waals surface area contributed by atoms with E-state index in [1.807, 2.05) is 0 Å². The fourth-order valence-electron chi connectivity index (χ4n) is 1.76. The van der Waals surface area contributed by atoms with E-state index < -0.39 is 0 Å². The van der Waals surface area contributed by atoms with Crippen molar-refractivity contribution in [2.45, 2.75) is 20.3 Å². The van der Waals surface area contributed by atoms with Crippen LogP contribution in [0.5, 0.6) is 0 Å². The highest BCUT2D eigenvalue weighted by Gasteiger charge is 2.03. The summed E-state index contributed by atoms with van der Waals surface area (Å²) in [7, 11) is 0. The fraction of sp³-hybridized carbons (Fsp3) is 0.200. The quantitative estimate of drug-likeness (QED) is 0.625. The second-order valence-electron chi connectivity index (χ2n) is 4.09. The molecule has 0 radical (unpaired) electrons. The third kappa shape index (κ3) is 2.27. The van der Waals surface area contributed by atoms with Gasteiger partial charge >= 0.3 is 0 Å². The van der Waals surface area contributed by atoms with Gasteiger partial charge in [0.2, 0.25) is 0 Å². The van der Waals surface area contributed by atoms with Crippen LogP contribution in [-0.4, -0.2) is 0 Å². The normalized spacial score (nSPS) is 15.1. The van der Waals surface area contributed by atoms with E-state index in [4.69, 9.17) is 0 Å². The number of allylic oxidation sites excluding steroid dienone is 6. The van der Waals surface area contributed by atoms with Gasteiger partial charge in [-0.05, 0) is 37.0 Å². The van der Waals surface area contributed by atoms with Crippen molar-refractivity contribution in [1.29, 1.82) is 0 Å². The maximum absolute atomic E-state index is 2.30. The van der Waals surface area contributed by atoms with Gasteiger partial charge in [-0.1, -0.05) is 54.1 Å². The Bertz CT molecular complexity index is 426.